The van der Waals surface area contributed by atoms with Crippen LogP contribution in [0.15, 0.2) is 52.9 Å². The molecular weight excluding hydrogens is 316 g/mol. The molecule has 1 unspecified atom stereocenters. The Hall–Kier alpha value is -3.20. The van der Waals surface area contributed by atoms with E-state index in [1.165, 1.54) is 6.21 Å². The molecule has 0 saturated heterocycles. The van der Waals surface area contributed by atoms with Crippen LogP contribution in [-0.2, 0) is 4.79 Å². The normalized spacial score (nSPS) is 16.6. The van der Waals surface area contributed by atoms with Crippen molar-refractivity contribution in [1.29, 1.82) is 5.26 Å². The first-order valence-corrected chi connectivity index (χ1v) is 7.75. The molecule has 2 rings (SSSR count). The quantitative estimate of drug-likeness (QED) is 0.651. The van der Waals surface area contributed by atoms with Crippen LogP contribution in [0, 0.1) is 18.3 Å². The van der Waals surface area contributed by atoms with Gasteiger partial charge in [0.25, 0.3) is 0 Å². The molecular formula is C19H22N4O2. The standard InChI is InChI=1S/C13H12N2O.C6H10N2O/c1-9-6-11(7-14)13(8-15-9)10-2-4-12(16)5-3-10;1-3-5(4-8-2)6(7)9/h2,4-6,8,10,16H,3H2,1H3;3-4H,1-2H3,(H2,7,9)/b;5-3+,8-4?. The van der Waals surface area contributed by atoms with E-state index in [2.05, 4.69) is 16.0 Å². The number of hydrogen-bond acceptors (Lipinski definition) is 5. The molecule has 3 N–H and O–H groups in total. The van der Waals surface area contributed by atoms with Gasteiger partial charge in [-0.25, -0.2) is 0 Å². The Labute approximate surface area is 147 Å². The lowest BCUT2D eigenvalue weighted by atomic mass is 9.90. The van der Waals surface area contributed by atoms with Gasteiger partial charge in [-0.2, -0.15) is 5.26 Å². The van der Waals surface area contributed by atoms with Gasteiger partial charge in [0, 0.05) is 31.1 Å². The van der Waals surface area contributed by atoms with E-state index in [1.54, 1.807) is 44.5 Å². The number of pyridine rings is 1. The van der Waals surface area contributed by atoms with Gasteiger partial charge >= 0.3 is 0 Å². The predicted molar refractivity (Wildman–Crippen MR) is 98.3 cm³/mol. The zero-order chi connectivity index (χ0) is 18.8. The van der Waals surface area contributed by atoms with E-state index < -0.39 is 5.91 Å². The third kappa shape index (κ3) is 6.07. The van der Waals surface area contributed by atoms with Crippen molar-refractivity contribution in [2.24, 2.45) is 10.7 Å². The lowest BCUT2D eigenvalue weighted by Crippen LogP contribution is -2.14. The molecule has 1 amide bonds. The minimum absolute atomic E-state index is 0.138. The van der Waals surface area contributed by atoms with Gasteiger partial charge in [-0.15, -0.1) is 0 Å². The maximum atomic E-state index is 10.4. The third-order valence-corrected chi connectivity index (χ3v) is 3.54. The van der Waals surface area contributed by atoms with Crippen LogP contribution in [0.2, 0.25) is 0 Å². The van der Waals surface area contributed by atoms with Gasteiger partial charge in [0.2, 0.25) is 5.91 Å². The summed E-state index contributed by atoms with van der Waals surface area (Å²) in [6, 6.07) is 3.98. The summed E-state index contributed by atoms with van der Waals surface area (Å²) in [5.41, 5.74) is 7.81. The number of allylic oxidation sites excluding steroid dienone is 4. The lowest BCUT2D eigenvalue weighted by molar-refractivity contribution is -0.114. The maximum Gasteiger partial charge on any atom is 0.249 e. The fourth-order valence-corrected chi connectivity index (χ4v) is 2.22. The number of nitrogens with two attached hydrogens (primary N) is 1. The highest BCUT2D eigenvalue weighted by atomic mass is 16.3. The molecule has 1 heterocycles. The Kier molecular flexibility index (Phi) is 7.80. The highest BCUT2D eigenvalue weighted by Crippen LogP contribution is 2.28. The van der Waals surface area contributed by atoms with Crippen molar-refractivity contribution in [2.75, 3.05) is 7.05 Å². The number of aliphatic hydroxyl groups excluding tert-OH is 1. The van der Waals surface area contributed by atoms with Gasteiger partial charge in [-0.05, 0) is 44.1 Å². The number of nitrogens with zero attached hydrogens (tertiary/aromatic N) is 3. The van der Waals surface area contributed by atoms with Crippen molar-refractivity contribution in [3.05, 3.63) is 64.7 Å². The molecule has 0 fully saturated rings. The molecule has 1 aromatic heterocycles. The number of carbonyl (C=O) groups excluding carboxylic acids is 1. The van der Waals surface area contributed by atoms with Crippen molar-refractivity contribution in [3.8, 4) is 6.07 Å². The van der Waals surface area contributed by atoms with Crippen LogP contribution in [0.1, 0.15) is 36.1 Å². The average molecular weight is 338 g/mol. The second kappa shape index (κ2) is 9.83. The van der Waals surface area contributed by atoms with E-state index >= 15 is 0 Å². The lowest BCUT2D eigenvalue weighted by Gasteiger charge is -2.15. The molecule has 0 bridgehead atoms. The van der Waals surface area contributed by atoms with Gasteiger partial charge in [0.1, 0.15) is 5.76 Å². The first kappa shape index (κ1) is 19.8. The van der Waals surface area contributed by atoms with Crippen LogP contribution in [0.5, 0.6) is 0 Å². The SMILES string of the molecule is C/C=C(\C=NC)C(N)=O.Cc1cc(C#N)c(C2C=CC(O)=CC2)cn1. The predicted octanol–water partition coefficient (Wildman–Crippen LogP) is 2.87. The van der Waals surface area contributed by atoms with Crippen molar-refractivity contribution < 1.29 is 9.90 Å². The fourth-order valence-electron chi connectivity index (χ4n) is 2.22. The number of aromatic nitrogens is 1. The summed E-state index contributed by atoms with van der Waals surface area (Å²) in [6.45, 7) is 3.61. The zero-order valence-electron chi connectivity index (χ0n) is 14.6. The second-order valence-corrected chi connectivity index (χ2v) is 5.35. The van der Waals surface area contributed by atoms with E-state index in [0.29, 0.717) is 17.6 Å². The molecule has 130 valence electrons. The van der Waals surface area contributed by atoms with E-state index in [9.17, 15) is 9.90 Å². The molecule has 0 radical (unpaired) electrons. The Morgan fingerprint density at radius 2 is 2.28 bits per heavy atom. The smallest absolute Gasteiger partial charge is 0.249 e. The van der Waals surface area contributed by atoms with E-state index in [0.717, 1.165) is 11.3 Å². The van der Waals surface area contributed by atoms with Crippen LogP contribution in [0.25, 0.3) is 0 Å². The highest BCUT2D eigenvalue weighted by Gasteiger charge is 2.15. The van der Waals surface area contributed by atoms with Crippen molar-refractivity contribution >= 4 is 12.1 Å². The number of hydrogen-bond donors (Lipinski definition) is 2. The molecule has 1 aromatic rings. The molecule has 1 aliphatic rings. The van der Waals surface area contributed by atoms with Crippen LogP contribution >= 0.6 is 0 Å². The van der Waals surface area contributed by atoms with E-state index in [-0.39, 0.29) is 11.7 Å². The summed E-state index contributed by atoms with van der Waals surface area (Å²) in [5, 5.41) is 18.3. The fraction of sp³-hybridized carbons (Fsp3) is 0.263. The summed E-state index contributed by atoms with van der Waals surface area (Å²) >= 11 is 0. The van der Waals surface area contributed by atoms with Crippen LogP contribution in [0.4, 0.5) is 0 Å². The van der Waals surface area contributed by atoms with E-state index in [4.69, 9.17) is 11.0 Å². The number of rotatable bonds is 3. The summed E-state index contributed by atoms with van der Waals surface area (Å²) in [6.07, 6.45) is 10.8. The Morgan fingerprint density at radius 3 is 2.72 bits per heavy atom. The largest absolute Gasteiger partial charge is 0.508 e. The summed E-state index contributed by atoms with van der Waals surface area (Å²) < 4.78 is 0. The minimum atomic E-state index is -0.442. The molecule has 6 nitrogen and oxygen atoms in total. The van der Waals surface area contributed by atoms with Gasteiger partial charge in [-0.3, -0.25) is 14.8 Å². The molecule has 0 aromatic carbocycles. The second-order valence-electron chi connectivity index (χ2n) is 5.35. The van der Waals surface area contributed by atoms with Crippen molar-refractivity contribution in [2.45, 2.75) is 26.2 Å². The Balaban J connectivity index is 0.000000299. The van der Waals surface area contributed by atoms with E-state index in [1.807, 2.05) is 13.0 Å². The van der Waals surface area contributed by atoms with Crippen LogP contribution in [0.3, 0.4) is 0 Å². The topological polar surface area (TPSA) is 112 Å². The number of amides is 1. The van der Waals surface area contributed by atoms with Crippen LogP contribution < -0.4 is 5.73 Å². The Morgan fingerprint density at radius 1 is 1.56 bits per heavy atom. The number of aliphatic imine (C=N–C) groups is 1. The molecule has 6 heteroatoms. The summed E-state index contributed by atoms with van der Waals surface area (Å²) in [5.74, 6) is -0.0171. The highest BCUT2D eigenvalue weighted by molar-refractivity contribution is 6.11. The monoisotopic (exact) mass is 338 g/mol. The number of aliphatic hydroxyl groups is 1. The molecule has 0 saturated carbocycles. The number of aryl methyl sites for hydroxylation is 1. The Bertz CT molecular complexity index is 783. The van der Waals surface area contributed by atoms with Gasteiger partial charge in [-0.1, -0.05) is 12.2 Å². The molecule has 25 heavy (non-hydrogen) atoms. The third-order valence-electron chi connectivity index (χ3n) is 3.54. The summed E-state index contributed by atoms with van der Waals surface area (Å²) in [7, 11) is 1.59. The average Bonchev–Trinajstić information content (AvgIpc) is 2.60. The van der Waals surface area contributed by atoms with Crippen molar-refractivity contribution in [1.82, 2.24) is 4.98 Å². The molecule has 0 aliphatic heterocycles. The number of nitriles is 1. The first-order valence-electron chi connectivity index (χ1n) is 7.75. The van der Waals surface area contributed by atoms with Crippen LogP contribution in [-0.4, -0.2) is 29.3 Å². The first-order chi connectivity index (χ1) is 11.9. The van der Waals surface area contributed by atoms with Gasteiger partial charge < -0.3 is 10.8 Å². The maximum absolute atomic E-state index is 10.4. The molecule has 0 spiro atoms. The number of carbonyl (C=O) groups is 1. The molecule has 1 aliphatic carbocycles. The molecule has 1 atom stereocenters. The van der Waals surface area contributed by atoms with Gasteiger partial charge in [0.05, 0.1) is 17.2 Å². The summed E-state index contributed by atoms with van der Waals surface area (Å²) in [4.78, 5) is 18.2. The van der Waals surface area contributed by atoms with Crippen molar-refractivity contribution in [3.63, 3.8) is 0 Å². The minimum Gasteiger partial charge on any atom is -0.508 e. The number of primary amides is 1. The van der Waals surface area contributed by atoms with Gasteiger partial charge in [0.15, 0.2) is 0 Å². The zero-order valence-corrected chi connectivity index (χ0v) is 14.6.